The molecule has 0 saturated heterocycles. The summed E-state index contributed by atoms with van der Waals surface area (Å²) in [5.74, 6) is -0.956. The third-order valence-corrected chi connectivity index (χ3v) is 1.31. The van der Waals surface area contributed by atoms with E-state index in [4.69, 9.17) is 14.2 Å². The highest BCUT2D eigenvalue weighted by Gasteiger charge is 2.08. The van der Waals surface area contributed by atoms with Gasteiger partial charge in [-0.15, -0.1) is 0 Å². The van der Waals surface area contributed by atoms with E-state index in [1.807, 2.05) is 0 Å². The fourth-order valence-corrected chi connectivity index (χ4v) is 0.768. The fraction of sp³-hybridized carbons (Fsp3) is 0.750. The van der Waals surface area contributed by atoms with Crippen LogP contribution in [0.3, 0.4) is 0 Å². The van der Waals surface area contributed by atoms with Crippen LogP contribution in [0.4, 0.5) is 0 Å². The van der Waals surface area contributed by atoms with E-state index < -0.39 is 17.0 Å². The number of nitrogens with two attached hydrogens (primary N) is 1. The zero-order valence-electron chi connectivity index (χ0n) is 5.77. The number of carboxylic acid groups (broad SMARTS) is 1. The second kappa shape index (κ2) is 4.52. The smallest absolute Gasteiger partial charge is 0.303 e. The summed E-state index contributed by atoms with van der Waals surface area (Å²) >= 11 is -3.41. The van der Waals surface area contributed by atoms with Crippen LogP contribution < -0.4 is 5.14 Å². The van der Waals surface area contributed by atoms with Crippen LogP contribution in [0.2, 0.25) is 0 Å². The third-order valence-electron chi connectivity index (χ3n) is 0.792. The predicted octanol–water partition coefficient (Wildman–Crippen LogP) is 0.407. The number of hydrogen-bond acceptors (Lipinski definition) is 5. The molecule has 0 rings (SSSR count). The normalized spacial score (nSPS) is 13.0. The van der Waals surface area contributed by atoms with Crippen LogP contribution in [0, 0.1) is 0 Å². The minimum Gasteiger partial charge on any atom is -0.481 e. The zero-order valence-corrected chi connectivity index (χ0v) is 6.58. The summed E-state index contributed by atoms with van der Waals surface area (Å²) in [5, 5.41) is 12.8. The molecule has 0 aromatic heterocycles. The molecule has 68 valence electrons. The summed E-state index contributed by atoms with van der Waals surface area (Å²) in [5.41, 5.74) is 0. The van der Waals surface area contributed by atoms with Gasteiger partial charge in [-0.3, -0.25) is 18.1 Å². The van der Waals surface area contributed by atoms with Gasteiger partial charge in [0.15, 0.2) is 11.1 Å². The van der Waals surface area contributed by atoms with E-state index in [1.165, 1.54) is 0 Å². The Labute approximate surface area is 65.7 Å². The summed E-state index contributed by atoms with van der Waals surface area (Å²) in [6, 6.07) is 0. The molecule has 0 aliphatic carbocycles. The Bertz CT molecular complexity index is 133. The van der Waals surface area contributed by atoms with Gasteiger partial charge in [0.25, 0.3) is 0 Å². The Balaban J connectivity index is 3.22. The molecule has 0 saturated carbocycles. The van der Waals surface area contributed by atoms with Gasteiger partial charge in [0.2, 0.25) is 0 Å². The molecule has 5 N–H and O–H groups in total. The number of aliphatic carboxylic acids is 1. The predicted molar refractivity (Wildman–Crippen MR) is 39.9 cm³/mol. The van der Waals surface area contributed by atoms with Crippen molar-refractivity contribution in [1.82, 2.24) is 0 Å². The van der Waals surface area contributed by atoms with Gasteiger partial charge in [0, 0.05) is 6.42 Å². The average Bonchev–Trinajstić information content (AvgIpc) is 1.78. The first-order valence-electron chi connectivity index (χ1n) is 2.84. The highest BCUT2D eigenvalue weighted by atomic mass is 32.3. The van der Waals surface area contributed by atoms with Gasteiger partial charge in [-0.1, -0.05) is 0 Å². The van der Waals surface area contributed by atoms with Crippen molar-refractivity contribution < 1.29 is 23.2 Å². The van der Waals surface area contributed by atoms with Gasteiger partial charge in [-0.05, 0) is 6.42 Å². The van der Waals surface area contributed by atoms with E-state index in [0.717, 1.165) is 0 Å². The van der Waals surface area contributed by atoms with Crippen molar-refractivity contribution in [2.75, 3.05) is 6.61 Å². The second-order valence-corrected chi connectivity index (χ2v) is 3.17. The number of carbonyl (C=O) groups is 1. The molecule has 0 aromatic rings. The van der Waals surface area contributed by atoms with E-state index in [1.54, 1.807) is 0 Å². The lowest BCUT2D eigenvalue weighted by Gasteiger charge is -2.19. The van der Waals surface area contributed by atoms with Crippen LogP contribution in [0.1, 0.15) is 12.8 Å². The van der Waals surface area contributed by atoms with Crippen LogP contribution >= 0.6 is 11.1 Å². The van der Waals surface area contributed by atoms with E-state index in [-0.39, 0.29) is 19.4 Å². The topological polar surface area (TPSA) is 113 Å². The molecule has 0 aromatic carbocycles. The molecule has 0 aliphatic rings. The quantitative estimate of drug-likeness (QED) is 0.461. The zero-order chi connectivity index (χ0) is 8.91. The van der Waals surface area contributed by atoms with Crippen molar-refractivity contribution in [3.05, 3.63) is 0 Å². The van der Waals surface area contributed by atoms with Crippen molar-refractivity contribution in [2.45, 2.75) is 12.8 Å². The minimum atomic E-state index is -3.41. The van der Waals surface area contributed by atoms with Gasteiger partial charge in [-0.2, -0.15) is 0 Å². The fourth-order valence-electron chi connectivity index (χ4n) is 0.405. The Kier molecular flexibility index (Phi) is 4.38. The number of hydrogen-bond donors (Lipinski definition) is 4. The minimum absolute atomic E-state index is 0.0644. The van der Waals surface area contributed by atoms with Crippen molar-refractivity contribution in [3.63, 3.8) is 0 Å². The van der Waals surface area contributed by atoms with Gasteiger partial charge >= 0.3 is 5.97 Å². The molecular formula is C4H11NO5S. The van der Waals surface area contributed by atoms with Crippen LogP contribution in [0.5, 0.6) is 0 Å². The van der Waals surface area contributed by atoms with Gasteiger partial charge in [-0.25, -0.2) is 5.14 Å². The molecule has 0 atom stereocenters. The standard InChI is InChI=1S/C4H11NO5S/c5-11(8,9)10-3-1-2-4(6)7/h8-9H,1-3,5H2,(H,6,7). The molecule has 11 heavy (non-hydrogen) atoms. The lowest BCUT2D eigenvalue weighted by atomic mass is 10.3. The summed E-state index contributed by atoms with van der Waals surface area (Å²) in [6.45, 7) is -0.0644. The van der Waals surface area contributed by atoms with Crippen LogP contribution in [0.25, 0.3) is 0 Å². The maximum absolute atomic E-state index is 9.92. The number of carboxylic acids is 1. The van der Waals surface area contributed by atoms with E-state index in [9.17, 15) is 4.79 Å². The molecule has 7 heteroatoms. The maximum atomic E-state index is 9.92. The molecule has 0 aliphatic heterocycles. The van der Waals surface area contributed by atoms with Gasteiger partial charge < -0.3 is 5.11 Å². The maximum Gasteiger partial charge on any atom is 0.303 e. The first-order valence-corrected chi connectivity index (χ1v) is 4.37. The Hall–Kier alpha value is -0.340. The average molecular weight is 185 g/mol. The van der Waals surface area contributed by atoms with Crippen LogP contribution in [0.15, 0.2) is 0 Å². The molecule has 0 spiro atoms. The third kappa shape index (κ3) is 9.66. The van der Waals surface area contributed by atoms with E-state index in [0.29, 0.717) is 0 Å². The lowest BCUT2D eigenvalue weighted by Crippen LogP contribution is -2.13. The lowest BCUT2D eigenvalue weighted by molar-refractivity contribution is -0.137. The first-order chi connectivity index (χ1) is 4.92. The molecule has 0 amide bonds. The largest absolute Gasteiger partial charge is 0.481 e. The molecule has 0 radical (unpaired) electrons. The molecular weight excluding hydrogens is 174 g/mol. The molecule has 0 bridgehead atoms. The molecule has 0 heterocycles. The summed E-state index contributed by atoms with van der Waals surface area (Å²) < 4.78 is 21.1. The Morgan fingerprint density at radius 2 is 2.09 bits per heavy atom. The summed E-state index contributed by atoms with van der Waals surface area (Å²) in [7, 11) is 0. The van der Waals surface area contributed by atoms with Crippen LogP contribution in [-0.4, -0.2) is 26.8 Å². The van der Waals surface area contributed by atoms with Crippen molar-refractivity contribution in [3.8, 4) is 0 Å². The van der Waals surface area contributed by atoms with Gasteiger partial charge in [0.05, 0.1) is 6.61 Å². The number of rotatable bonds is 5. The van der Waals surface area contributed by atoms with E-state index >= 15 is 0 Å². The SMILES string of the molecule is NS(O)(O)OCCCC(=O)O. The van der Waals surface area contributed by atoms with Gasteiger partial charge in [0.1, 0.15) is 0 Å². The Morgan fingerprint density at radius 1 is 1.55 bits per heavy atom. The molecule has 0 unspecified atom stereocenters. The van der Waals surface area contributed by atoms with E-state index in [2.05, 4.69) is 9.32 Å². The monoisotopic (exact) mass is 185 g/mol. The van der Waals surface area contributed by atoms with Crippen LogP contribution in [-0.2, 0) is 8.98 Å². The highest BCUT2D eigenvalue weighted by Crippen LogP contribution is 2.29. The van der Waals surface area contributed by atoms with Crippen molar-refractivity contribution >= 4 is 17.0 Å². The Morgan fingerprint density at radius 3 is 2.45 bits per heavy atom. The molecule has 0 fully saturated rings. The summed E-state index contributed by atoms with van der Waals surface area (Å²) in [4.78, 5) is 9.92. The second-order valence-electron chi connectivity index (χ2n) is 1.86. The molecule has 6 nitrogen and oxygen atoms in total. The summed E-state index contributed by atoms with van der Waals surface area (Å²) in [6.07, 6.45) is 0.137. The highest BCUT2D eigenvalue weighted by molar-refractivity contribution is 8.18. The first kappa shape index (κ1) is 10.7. The van der Waals surface area contributed by atoms with Crippen molar-refractivity contribution in [2.24, 2.45) is 5.14 Å². The van der Waals surface area contributed by atoms with Crippen molar-refractivity contribution in [1.29, 1.82) is 0 Å².